The molecule has 0 bridgehead atoms. The van der Waals surface area contributed by atoms with E-state index in [4.69, 9.17) is 19.4 Å². The lowest BCUT2D eigenvalue weighted by atomic mass is 9.65. The smallest absolute Gasteiger partial charge is 0.490 e. The number of alkyl halides is 3. The third kappa shape index (κ3) is 7.87. The van der Waals surface area contributed by atoms with Gasteiger partial charge in [0, 0.05) is 23.2 Å². The number of carboxylic acid groups (broad SMARTS) is 1. The molecule has 1 saturated carbocycles. The third-order valence-corrected chi connectivity index (χ3v) is 8.42. The number of nitrogens with zero attached hydrogens (tertiary/aromatic N) is 1. The Kier molecular flexibility index (Phi) is 11.1. The number of likely N-dealkylation sites (N-methyl/N-ethyl adjacent to an activating group) is 1. The summed E-state index contributed by atoms with van der Waals surface area (Å²) in [6.07, 6.45) is 2.43. The number of ether oxygens (including phenoxy) is 2. The number of unbranched alkanes of at least 4 members (excludes halogenated alkanes) is 1. The van der Waals surface area contributed by atoms with E-state index in [2.05, 4.69) is 60.7 Å². The van der Waals surface area contributed by atoms with E-state index in [0.717, 1.165) is 61.4 Å². The zero-order valence-corrected chi connectivity index (χ0v) is 24.9. The lowest BCUT2D eigenvalue weighted by Gasteiger charge is -2.45. The first kappa shape index (κ1) is 33.0. The number of carboxylic acids is 1. The van der Waals surface area contributed by atoms with Gasteiger partial charge in [-0.15, -0.1) is 0 Å². The van der Waals surface area contributed by atoms with Crippen LogP contribution in [0.1, 0.15) is 62.1 Å². The van der Waals surface area contributed by atoms with Gasteiger partial charge in [0.05, 0.1) is 14.2 Å². The minimum atomic E-state index is -5.08. The van der Waals surface area contributed by atoms with E-state index in [0.29, 0.717) is 6.04 Å². The van der Waals surface area contributed by atoms with E-state index in [1.54, 1.807) is 14.2 Å². The van der Waals surface area contributed by atoms with Crippen molar-refractivity contribution in [2.45, 2.75) is 82.5 Å². The van der Waals surface area contributed by atoms with Gasteiger partial charge in [-0.1, -0.05) is 31.5 Å². The lowest BCUT2D eigenvalue weighted by Crippen LogP contribution is -2.52. The van der Waals surface area contributed by atoms with Gasteiger partial charge in [0.1, 0.15) is 0 Å². The van der Waals surface area contributed by atoms with Crippen molar-refractivity contribution in [3.8, 4) is 11.5 Å². The van der Waals surface area contributed by atoms with Gasteiger partial charge in [0.15, 0.2) is 11.5 Å². The maximum absolute atomic E-state index is 12.9. The van der Waals surface area contributed by atoms with E-state index in [-0.39, 0.29) is 17.5 Å². The van der Waals surface area contributed by atoms with Gasteiger partial charge in [-0.2, -0.15) is 13.2 Å². The van der Waals surface area contributed by atoms with Crippen LogP contribution in [-0.4, -0.2) is 68.1 Å². The molecular weight excluding hydrogens is 551 g/mol. The van der Waals surface area contributed by atoms with Gasteiger partial charge in [-0.3, -0.25) is 0 Å². The van der Waals surface area contributed by atoms with E-state index >= 15 is 0 Å². The molecule has 0 radical (unpaired) electrons. The molecule has 1 aliphatic heterocycles. The van der Waals surface area contributed by atoms with Crippen molar-refractivity contribution in [2.75, 3.05) is 33.1 Å². The molecule has 232 valence electrons. The zero-order chi connectivity index (χ0) is 31.1. The first-order valence-corrected chi connectivity index (χ1v) is 14.2. The van der Waals surface area contributed by atoms with Crippen LogP contribution in [0.25, 0.3) is 0 Å². The number of likely N-dealkylation sites (tertiary alicyclic amines) is 1. The van der Waals surface area contributed by atoms with Crippen molar-refractivity contribution in [3.05, 3.63) is 53.1 Å². The van der Waals surface area contributed by atoms with Crippen molar-refractivity contribution in [2.24, 2.45) is 0 Å². The topological polar surface area (TPSA) is 100 Å². The molecule has 0 spiro atoms. The average Bonchev–Trinajstić information content (AvgIpc) is 3.29. The van der Waals surface area contributed by atoms with Crippen molar-refractivity contribution < 1.29 is 37.3 Å². The Balaban J connectivity index is 0.000000616. The summed E-state index contributed by atoms with van der Waals surface area (Å²) >= 11 is 0. The summed E-state index contributed by atoms with van der Waals surface area (Å²) in [6, 6.07) is 13.1. The maximum Gasteiger partial charge on any atom is 0.490 e. The maximum atomic E-state index is 12.9. The molecule has 2 amide bonds. The van der Waals surface area contributed by atoms with Crippen LogP contribution in [0, 0.1) is 6.92 Å². The lowest BCUT2D eigenvalue weighted by molar-refractivity contribution is -0.192. The van der Waals surface area contributed by atoms with E-state index in [9.17, 15) is 18.0 Å². The fourth-order valence-electron chi connectivity index (χ4n) is 6.14. The molecule has 4 rings (SSSR count). The number of hydrogen-bond donors (Lipinski definition) is 3. The second-order valence-electron chi connectivity index (χ2n) is 11.1. The summed E-state index contributed by atoms with van der Waals surface area (Å²) in [6.45, 7) is 5.33. The molecule has 1 aliphatic carbocycles. The molecular formula is C31H42F3N3O5. The number of methoxy groups -OCH3 is 2. The predicted octanol–water partition coefficient (Wildman–Crippen LogP) is 6.30. The number of amides is 2. The number of fused-ring (bicyclic) bond motifs is 1. The number of carbonyl (C=O) groups excluding carboxylic acids is 1. The highest BCUT2D eigenvalue weighted by atomic mass is 19.4. The van der Waals surface area contributed by atoms with Gasteiger partial charge in [0.25, 0.3) is 0 Å². The molecule has 2 aromatic rings. The number of aliphatic carboxylic acids is 1. The first-order valence-electron chi connectivity index (χ1n) is 14.2. The van der Waals surface area contributed by atoms with Gasteiger partial charge >= 0.3 is 18.2 Å². The largest absolute Gasteiger partial charge is 0.493 e. The number of benzene rings is 2. The number of hydrogen-bond acceptors (Lipinski definition) is 5. The Labute approximate surface area is 245 Å². The Morgan fingerprint density at radius 2 is 1.79 bits per heavy atom. The van der Waals surface area contributed by atoms with E-state index in [1.807, 2.05) is 12.1 Å². The summed E-state index contributed by atoms with van der Waals surface area (Å²) in [5.41, 5.74) is 4.72. The number of carbonyl (C=O) groups is 2. The number of halogens is 3. The minimum absolute atomic E-state index is 0.0772. The highest BCUT2D eigenvalue weighted by Gasteiger charge is 2.50. The van der Waals surface area contributed by atoms with Crippen LogP contribution in [0.3, 0.4) is 0 Å². The van der Waals surface area contributed by atoms with Crippen LogP contribution in [0.2, 0.25) is 0 Å². The zero-order valence-electron chi connectivity index (χ0n) is 24.9. The molecule has 3 unspecified atom stereocenters. The van der Waals surface area contributed by atoms with Crippen LogP contribution in [0.15, 0.2) is 36.4 Å². The van der Waals surface area contributed by atoms with Crippen molar-refractivity contribution >= 4 is 17.7 Å². The van der Waals surface area contributed by atoms with Crippen molar-refractivity contribution in [1.29, 1.82) is 0 Å². The van der Waals surface area contributed by atoms with Gasteiger partial charge in [-0.25, -0.2) is 9.59 Å². The molecule has 1 heterocycles. The molecule has 3 atom stereocenters. The fraction of sp³-hybridized carbons (Fsp3) is 0.548. The molecule has 2 aliphatic rings. The Morgan fingerprint density at radius 1 is 1.10 bits per heavy atom. The highest BCUT2D eigenvalue weighted by molar-refractivity contribution is 5.90. The molecule has 2 fully saturated rings. The third-order valence-electron chi connectivity index (χ3n) is 8.42. The quantitative estimate of drug-likeness (QED) is 0.332. The molecule has 0 aromatic heterocycles. The summed E-state index contributed by atoms with van der Waals surface area (Å²) < 4.78 is 42.8. The van der Waals surface area contributed by atoms with E-state index in [1.165, 1.54) is 24.0 Å². The second kappa shape index (κ2) is 14.1. The average molecular weight is 594 g/mol. The minimum Gasteiger partial charge on any atom is -0.493 e. The Morgan fingerprint density at radius 3 is 2.38 bits per heavy atom. The van der Waals surface area contributed by atoms with Crippen LogP contribution >= 0.6 is 0 Å². The Bertz CT molecular complexity index is 1240. The molecule has 11 heteroatoms. The fourth-order valence-corrected chi connectivity index (χ4v) is 6.14. The number of nitrogens with one attached hydrogen (secondary N) is 2. The van der Waals surface area contributed by atoms with Crippen LogP contribution in [0.5, 0.6) is 11.5 Å². The number of anilines is 1. The monoisotopic (exact) mass is 593 g/mol. The first-order chi connectivity index (χ1) is 19.8. The Hall–Kier alpha value is -3.47. The van der Waals surface area contributed by atoms with E-state index < -0.39 is 12.1 Å². The number of aryl methyl sites for hydroxylation is 2. The van der Waals surface area contributed by atoms with Crippen LogP contribution in [-0.2, 0) is 16.6 Å². The van der Waals surface area contributed by atoms with Crippen LogP contribution in [0.4, 0.5) is 23.7 Å². The molecule has 8 nitrogen and oxygen atoms in total. The highest BCUT2D eigenvalue weighted by Crippen LogP contribution is 2.49. The number of rotatable bonds is 8. The second-order valence-corrected chi connectivity index (χ2v) is 11.1. The van der Waals surface area contributed by atoms with Crippen molar-refractivity contribution in [1.82, 2.24) is 10.2 Å². The number of urea groups is 1. The van der Waals surface area contributed by atoms with Gasteiger partial charge in [0.2, 0.25) is 0 Å². The SMILES string of the molecule is CCCCc1ccc(NC(=O)NC2CCC3(c4ccc(OC)c(OC)c4)CCN(C)C3C2)c(C)c1.O=C(O)C(F)(F)F. The van der Waals surface area contributed by atoms with Crippen molar-refractivity contribution in [3.63, 3.8) is 0 Å². The standard InChI is InChI=1S/C29H41N3O3.C2HF3O2/c1-6-7-8-21-9-11-24(20(2)17-21)31-28(33)30-23-13-14-29(15-16-32(3)27(29)19-23)22-10-12-25(34-4)26(18-22)35-5;3-2(4,5)1(6)7/h9-12,17-18,23,27H,6-8,13-16,19H2,1-5H3,(H2,30,31,33);(H,6,7). The molecule has 1 saturated heterocycles. The van der Waals surface area contributed by atoms with Gasteiger partial charge < -0.3 is 30.1 Å². The molecule has 2 aromatic carbocycles. The normalized spacial score (nSPS) is 21.9. The molecule has 42 heavy (non-hydrogen) atoms. The summed E-state index contributed by atoms with van der Waals surface area (Å²) in [7, 11) is 5.57. The summed E-state index contributed by atoms with van der Waals surface area (Å²) in [5.74, 6) is -1.22. The molecule has 3 N–H and O–H groups in total. The summed E-state index contributed by atoms with van der Waals surface area (Å²) in [5, 5.41) is 13.5. The van der Waals surface area contributed by atoms with Crippen LogP contribution < -0.4 is 20.1 Å². The van der Waals surface area contributed by atoms with Gasteiger partial charge in [-0.05, 0) is 93.9 Å². The predicted molar refractivity (Wildman–Crippen MR) is 156 cm³/mol. The summed E-state index contributed by atoms with van der Waals surface area (Å²) in [4.78, 5) is 24.3.